The summed E-state index contributed by atoms with van der Waals surface area (Å²) in [6, 6.07) is 5.91. The smallest absolute Gasteiger partial charge is 0.416 e. The van der Waals surface area contributed by atoms with E-state index >= 15 is 0 Å². The molecule has 0 aliphatic carbocycles. The van der Waals surface area contributed by atoms with Gasteiger partial charge in [-0.15, -0.1) is 0 Å². The average molecular weight is 275 g/mol. The molecule has 1 amide bonds. The highest BCUT2D eigenvalue weighted by atomic mass is 16.6. The van der Waals surface area contributed by atoms with Gasteiger partial charge in [-0.25, -0.2) is 9.78 Å². The van der Waals surface area contributed by atoms with Crippen molar-refractivity contribution < 1.29 is 9.53 Å². The van der Waals surface area contributed by atoms with Crippen molar-refractivity contribution in [2.24, 2.45) is 0 Å². The second kappa shape index (κ2) is 5.05. The number of pyridine rings is 1. The summed E-state index contributed by atoms with van der Waals surface area (Å²) in [5.74, 6) is 1.13. The monoisotopic (exact) mass is 275 g/mol. The van der Waals surface area contributed by atoms with E-state index in [0.717, 1.165) is 25.2 Å². The number of anilines is 1. The fourth-order valence-electron chi connectivity index (χ4n) is 2.91. The third kappa shape index (κ3) is 2.38. The van der Waals surface area contributed by atoms with Crippen molar-refractivity contribution in [2.45, 2.75) is 38.1 Å². The van der Waals surface area contributed by atoms with Gasteiger partial charge in [0.2, 0.25) is 0 Å². The quantitative estimate of drug-likeness (QED) is 0.899. The first-order valence-electron chi connectivity index (χ1n) is 7.22. The summed E-state index contributed by atoms with van der Waals surface area (Å²) >= 11 is 0. The molecule has 2 fully saturated rings. The Hall–Kier alpha value is -1.62. The third-order valence-corrected chi connectivity index (χ3v) is 4.04. The number of hydrogen-bond donors (Lipinski definition) is 1. The molecule has 0 spiro atoms. The lowest BCUT2D eigenvalue weighted by Crippen LogP contribution is -2.42. The molecule has 0 aromatic carbocycles. The number of amides is 1. The van der Waals surface area contributed by atoms with Gasteiger partial charge in [0, 0.05) is 18.2 Å². The maximum absolute atomic E-state index is 11.9. The zero-order chi connectivity index (χ0) is 14.2. The van der Waals surface area contributed by atoms with E-state index in [1.54, 1.807) is 4.90 Å². The molecule has 1 aromatic rings. The van der Waals surface area contributed by atoms with Gasteiger partial charge in [-0.2, -0.15) is 0 Å². The number of carbonyl (C=O) groups is 1. The number of carbonyl (C=O) groups excluding carboxylic acids is 1. The number of nitrogens with zero attached hydrogens (tertiary/aromatic N) is 2. The van der Waals surface area contributed by atoms with E-state index in [0.29, 0.717) is 18.3 Å². The van der Waals surface area contributed by atoms with Crippen LogP contribution in [0.3, 0.4) is 0 Å². The number of hydrogen-bond acceptors (Lipinski definition) is 4. The Morgan fingerprint density at radius 1 is 1.45 bits per heavy atom. The van der Waals surface area contributed by atoms with Crippen LogP contribution < -0.4 is 10.2 Å². The van der Waals surface area contributed by atoms with Crippen LogP contribution in [0.5, 0.6) is 0 Å². The van der Waals surface area contributed by atoms with E-state index in [1.165, 1.54) is 6.42 Å². The Morgan fingerprint density at radius 2 is 2.30 bits per heavy atom. The third-order valence-electron chi connectivity index (χ3n) is 4.04. The summed E-state index contributed by atoms with van der Waals surface area (Å²) in [5.41, 5.74) is 0.721. The first kappa shape index (κ1) is 13.4. The molecule has 1 atom stereocenters. The number of cyclic esters (lactones) is 1. The second-order valence-corrected chi connectivity index (χ2v) is 6.17. The summed E-state index contributed by atoms with van der Waals surface area (Å²) in [6.45, 7) is 6.44. The van der Waals surface area contributed by atoms with Gasteiger partial charge in [-0.3, -0.25) is 4.90 Å². The van der Waals surface area contributed by atoms with Gasteiger partial charge in [0.1, 0.15) is 12.4 Å². The van der Waals surface area contributed by atoms with E-state index in [-0.39, 0.29) is 11.6 Å². The molecular formula is C15H21N3O2. The lowest BCUT2D eigenvalue weighted by molar-refractivity contribution is 0.175. The molecule has 1 aromatic heterocycles. The highest BCUT2D eigenvalue weighted by Gasteiger charge is 2.41. The molecule has 20 heavy (non-hydrogen) atoms. The van der Waals surface area contributed by atoms with Crippen LogP contribution in [0.1, 0.15) is 38.3 Å². The summed E-state index contributed by atoms with van der Waals surface area (Å²) in [4.78, 5) is 18.3. The highest BCUT2D eigenvalue weighted by Crippen LogP contribution is 2.30. The molecule has 5 nitrogen and oxygen atoms in total. The molecule has 2 aliphatic rings. The van der Waals surface area contributed by atoms with Gasteiger partial charge in [-0.1, -0.05) is 6.07 Å². The van der Waals surface area contributed by atoms with Gasteiger partial charge in [-0.05, 0) is 45.4 Å². The summed E-state index contributed by atoms with van der Waals surface area (Å²) in [5, 5.41) is 3.40. The molecule has 2 saturated heterocycles. The lowest BCUT2D eigenvalue weighted by atomic mass is 9.95. The van der Waals surface area contributed by atoms with E-state index in [9.17, 15) is 4.79 Å². The van der Waals surface area contributed by atoms with Crippen LogP contribution in [0.25, 0.3) is 0 Å². The predicted molar refractivity (Wildman–Crippen MR) is 77.0 cm³/mol. The van der Waals surface area contributed by atoms with Crippen molar-refractivity contribution in [2.75, 3.05) is 24.6 Å². The summed E-state index contributed by atoms with van der Waals surface area (Å²) in [7, 11) is 0. The van der Waals surface area contributed by atoms with Crippen molar-refractivity contribution >= 4 is 11.9 Å². The topological polar surface area (TPSA) is 54.5 Å². The number of ether oxygens (including phenoxy) is 1. The molecular weight excluding hydrogens is 254 g/mol. The normalized spacial score (nSPS) is 25.6. The number of nitrogens with one attached hydrogen (secondary N) is 1. The number of piperidine rings is 1. The van der Waals surface area contributed by atoms with Crippen molar-refractivity contribution in [1.29, 1.82) is 0 Å². The Morgan fingerprint density at radius 3 is 2.95 bits per heavy atom. The molecule has 0 radical (unpaired) electrons. The summed E-state index contributed by atoms with van der Waals surface area (Å²) < 4.78 is 5.16. The van der Waals surface area contributed by atoms with Gasteiger partial charge in [0.15, 0.2) is 0 Å². The van der Waals surface area contributed by atoms with Gasteiger partial charge < -0.3 is 10.1 Å². The molecule has 0 saturated carbocycles. The fraction of sp³-hybridized carbons (Fsp3) is 0.600. The molecule has 3 rings (SSSR count). The van der Waals surface area contributed by atoms with Gasteiger partial charge in [0.25, 0.3) is 0 Å². The van der Waals surface area contributed by atoms with Crippen LogP contribution in [0, 0.1) is 0 Å². The molecule has 1 N–H and O–H groups in total. The van der Waals surface area contributed by atoms with Crippen LogP contribution in [0.4, 0.5) is 10.6 Å². The Balaban J connectivity index is 1.89. The zero-order valence-electron chi connectivity index (χ0n) is 12.1. The zero-order valence-corrected chi connectivity index (χ0v) is 12.1. The van der Waals surface area contributed by atoms with Crippen molar-refractivity contribution in [1.82, 2.24) is 10.3 Å². The highest BCUT2D eigenvalue weighted by molar-refractivity contribution is 5.90. The Kier molecular flexibility index (Phi) is 3.38. The SMILES string of the molecule is CC1(C)COC(=O)N1c1cccc(C2CCCNC2)n1. The average Bonchev–Trinajstić information content (AvgIpc) is 2.73. The van der Waals surface area contributed by atoms with Crippen molar-refractivity contribution in [3.05, 3.63) is 23.9 Å². The Bertz CT molecular complexity index is 510. The second-order valence-electron chi connectivity index (χ2n) is 6.17. The standard InChI is InChI=1S/C15H21N3O2/c1-15(2)10-20-14(19)18(15)13-7-3-6-12(17-13)11-5-4-8-16-9-11/h3,6-7,11,16H,4-5,8-10H2,1-2H3. The minimum atomic E-state index is -0.340. The molecule has 2 aliphatic heterocycles. The van der Waals surface area contributed by atoms with Crippen molar-refractivity contribution in [3.63, 3.8) is 0 Å². The molecule has 5 heteroatoms. The van der Waals surface area contributed by atoms with Crippen LogP contribution in [0.2, 0.25) is 0 Å². The van der Waals surface area contributed by atoms with E-state index in [1.807, 2.05) is 26.0 Å². The fourth-order valence-corrected chi connectivity index (χ4v) is 2.91. The maximum Gasteiger partial charge on any atom is 0.416 e. The van der Waals surface area contributed by atoms with Crippen LogP contribution >= 0.6 is 0 Å². The molecule has 108 valence electrons. The maximum atomic E-state index is 11.9. The molecule has 0 bridgehead atoms. The largest absolute Gasteiger partial charge is 0.447 e. The van der Waals surface area contributed by atoms with E-state index in [4.69, 9.17) is 9.72 Å². The van der Waals surface area contributed by atoms with Crippen LogP contribution in [-0.2, 0) is 4.74 Å². The number of aromatic nitrogens is 1. The van der Waals surface area contributed by atoms with E-state index in [2.05, 4.69) is 11.4 Å². The Labute approximate surface area is 119 Å². The summed E-state index contributed by atoms with van der Waals surface area (Å²) in [6.07, 6.45) is 2.02. The van der Waals surface area contributed by atoms with Crippen LogP contribution in [-0.4, -0.2) is 36.3 Å². The first-order chi connectivity index (χ1) is 9.58. The lowest BCUT2D eigenvalue weighted by Gasteiger charge is -2.28. The van der Waals surface area contributed by atoms with Gasteiger partial charge >= 0.3 is 6.09 Å². The molecule has 1 unspecified atom stereocenters. The van der Waals surface area contributed by atoms with Gasteiger partial charge in [0.05, 0.1) is 5.54 Å². The predicted octanol–water partition coefficient (Wildman–Crippen LogP) is 2.28. The van der Waals surface area contributed by atoms with Crippen molar-refractivity contribution in [3.8, 4) is 0 Å². The minimum absolute atomic E-state index is 0.304. The van der Waals surface area contributed by atoms with Crippen LogP contribution in [0.15, 0.2) is 18.2 Å². The molecule has 3 heterocycles. The van der Waals surface area contributed by atoms with E-state index < -0.39 is 0 Å². The number of rotatable bonds is 2. The minimum Gasteiger partial charge on any atom is -0.447 e. The first-order valence-corrected chi connectivity index (χ1v) is 7.22.